The van der Waals surface area contributed by atoms with Crippen molar-refractivity contribution in [1.29, 1.82) is 0 Å². The highest BCUT2D eigenvalue weighted by Gasteiger charge is 2.09. The van der Waals surface area contributed by atoms with Gasteiger partial charge in [-0.15, -0.1) is 0 Å². The number of benzene rings is 2. The molecule has 2 N–H and O–H groups in total. The molecular weight excluding hydrogens is 270 g/mol. The van der Waals surface area contributed by atoms with Gasteiger partial charge in [0.1, 0.15) is 5.75 Å². The van der Waals surface area contributed by atoms with E-state index in [1.807, 2.05) is 19.1 Å². The van der Waals surface area contributed by atoms with Crippen LogP contribution >= 0.6 is 0 Å². The number of anilines is 1. The molecule has 1 amide bonds. The molecule has 0 atom stereocenters. The summed E-state index contributed by atoms with van der Waals surface area (Å²) in [7, 11) is 0. The molecule has 0 spiro atoms. The van der Waals surface area contributed by atoms with Crippen molar-refractivity contribution in [2.24, 2.45) is 0 Å². The van der Waals surface area contributed by atoms with Crippen molar-refractivity contribution in [2.45, 2.75) is 6.92 Å². The van der Waals surface area contributed by atoms with Gasteiger partial charge in [0.15, 0.2) is 6.61 Å². The van der Waals surface area contributed by atoms with Crippen LogP contribution in [0.4, 0.5) is 5.69 Å². The number of carbonyl (C=O) groups is 2. The Balaban J connectivity index is 2.09. The molecule has 5 heteroatoms. The third kappa shape index (κ3) is 4.07. The molecule has 0 heterocycles. The molecule has 0 saturated heterocycles. The molecule has 2 aromatic carbocycles. The molecule has 0 aliphatic carbocycles. The number of hydrogen-bond donors (Lipinski definition) is 2. The lowest BCUT2D eigenvalue weighted by Crippen LogP contribution is -2.13. The Morgan fingerprint density at radius 2 is 1.90 bits per heavy atom. The molecular formula is C16H15NO4. The molecule has 0 aliphatic heterocycles. The third-order valence-electron chi connectivity index (χ3n) is 2.84. The van der Waals surface area contributed by atoms with Crippen LogP contribution in [0.3, 0.4) is 0 Å². The van der Waals surface area contributed by atoms with Gasteiger partial charge < -0.3 is 15.2 Å². The minimum Gasteiger partial charge on any atom is -0.482 e. The summed E-state index contributed by atoms with van der Waals surface area (Å²) in [6.45, 7) is 1.44. The van der Waals surface area contributed by atoms with Gasteiger partial charge in [-0.1, -0.05) is 24.3 Å². The summed E-state index contributed by atoms with van der Waals surface area (Å²) in [4.78, 5) is 22.6. The predicted octanol–water partition coefficient (Wildman–Crippen LogP) is 2.71. The standard InChI is InChI=1S/C16H15NO4/c1-11-5-2-3-8-14(11)16(20)17-12-6-4-7-13(9-12)21-10-15(18)19/h2-9H,10H2,1H3,(H,17,20)(H,18,19). The first-order valence-corrected chi connectivity index (χ1v) is 6.38. The molecule has 108 valence electrons. The van der Waals surface area contributed by atoms with Gasteiger partial charge in [0.2, 0.25) is 0 Å². The molecule has 2 aromatic rings. The number of rotatable bonds is 5. The van der Waals surface area contributed by atoms with Crippen LogP contribution in [0.25, 0.3) is 0 Å². The Bertz CT molecular complexity index is 667. The van der Waals surface area contributed by atoms with Gasteiger partial charge in [-0.25, -0.2) is 4.79 Å². The van der Waals surface area contributed by atoms with Crippen LogP contribution in [0.2, 0.25) is 0 Å². The molecule has 5 nitrogen and oxygen atoms in total. The van der Waals surface area contributed by atoms with Crippen LogP contribution in [-0.4, -0.2) is 23.6 Å². The summed E-state index contributed by atoms with van der Waals surface area (Å²) < 4.78 is 5.07. The number of hydrogen-bond acceptors (Lipinski definition) is 3. The van der Waals surface area contributed by atoms with Crippen molar-refractivity contribution in [3.8, 4) is 5.75 Å². The zero-order valence-electron chi connectivity index (χ0n) is 11.5. The lowest BCUT2D eigenvalue weighted by Gasteiger charge is -2.09. The first-order chi connectivity index (χ1) is 10.1. The highest BCUT2D eigenvalue weighted by atomic mass is 16.5. The number of carboxylic acids is 1. The zero-order chi connectivity index (χ0) is 15.2. The smallest absolute Gasteiger partial charge is 0.341 e. The Hall–Kier alpha value is -2.82. The normalized spacial score (nSPS) is 9.95. The van der Waals surface area contributed by atoms with Crippen LogP contribution < -0.4 is 10.1 Å². The summed E-state index contributed by atoms with van der Waals surface area (Å²) in [6.07, 6.45) is 0. The van der Waals surface area contributed by atoms with Gasteiger partial charge >= 0.3 is 5.97 Å². The Labute approximate surface area is 122 Å². The Kier molecular flexibility index (Phi) is 4.56. The molecule has 0 radical (unpaired) electrons. The van der Waals surface area contributed by atoms with Crippen molar-refractivity contribution >= 4 is 17.6 Å². The van der Waals surface area contributed by atoms with E-state index in [0.29, 0.717) is 17.0 Å². The van der Waals surface area contributed by atoms with Crippen molar-refractivity contribution in [3.63, 3.8) is 0 Å². The second-order valence-corrected chi connectivity index (χ2v) is 4.48. The summed E-state index contributed by atoms with van der Waals surface area (Å²) in [5, 5.41) is 11.3. The molecule has 0 fully saturated rings. The topological polar surface area (TPSA) is 75.6 Å². The number of carboxylic acid groups (broad SMARTS) is 1. The first-order valence-electron chi connectivity index (χ1n) is 6.38. The average molecular weight is 285 g/mol. The van der Waals surface area contributed by atoms with Crippen LogP contribution in [-0.2, 0) is 4.79 Å². The lowest BCUT2D eigenvalue weighted by atomic mass is 10.1. The van der Waals surface area contributed by atoms with Crippen LogP contribution in [0, 0.1) is 6.92 Å². The fourth-order valence-electron chi connectivity index (χ4n) is 1.83. The van der Waals surface area contributed by atoms with E-state index in [4.69, 9.17) is 9.84 Å². The average Bonchev–Trinajstić information content (AvgIpc) is 2.46. The van der Waals surface area contributed by atoms with E-state index in [0.717, 1.165) is 5.56 Å². The second-order valence-electron chi connectivity index (χ2n) is 4.48. The fourth-order valence-corrected chi connectivity index (χ4v) is 1.83. The highest BCUT2D eigenvalue weighted by Crippen LogP contribution is 2.18. The minimum atomic E-state index is -1.05. The van der Waals surface area contributed by atoms with Crippen LogP contribution in [0.5, 0.6) is 5.75 Å². The maximum atomic E-state index is 12.2. The van der Waals surface area contributed by atoms with Gasteiger partial charge in [0.05, 0.1) is 0 Å². The van der Waals surface area contributed by atoms with Crippen molar-refractivity contribution < 1.29 is 19.4 Å². The number of carbonyl (C=O) groups excluding carboxylic acids is 1. The first kappa shape index (κ1) is 14.6. The lowest BCUT2D eigenvalue weighted by molar-refractivity contribution is -0.139. The molecule has 0 bridgehead atoms. The largest absolute Gasteiger partial charge is 0.482 e. The summed E-state index contributed by atoms with van der Waals surface area (Å²) >= 11 is 0. The SMILES string of the molecule is Cc1ccccc1C(=O)Nc1cccc(OCC(=O)O)c1. The molecule has 0 aromatic heterocycles. The Morgan fingerprint density at radius 1 is 1.14 bits per heavy atom. The van der Waals surface area contributed by atoms with Gasteiger partial charge in [-0.3, -0.25) is 4.79 Å². The number of aryl methyl sites for hydroxylation is 1. The van der Waals surface area contributed by atoms with Gasteiger partial charge in [0.25, 0.3) is 5.91 Å². The number of nitrogens with one attached hydrogen (secondary N) is 1. The van der Waals surface area contributed by atoms with E-state index in [-0.39, 0.29) is 5.91 Å². The third-order valence-corrected chi connectivity index (χ3v) is 2.84. The summed E-state index contributed by atoms with van der Waals surface area (Å²) in [5.41, 5.74) is 2.02. The molecule has 21 heavy (non-hydrogen) atoms. The van der Waals surface area contributed by atoms with Crippen molar-refractivity contribution in [2.75, 3.05) is 11.9 Å². The number of amides is 1. The van der Waals surface area contributed by atoms with E-state index in [2.05, 4.69) is 5.32 Å². The fraction of sp³-hybridized carbons (Fsp3) is 0.125. The molecule has 0 aliphatic rings. The second kappa shape index (κ2) is 6.56. The maximum absolute atomic E-state index is 12.2. The monoisotopic (exact) mass is 285 g/mol. The van der Waals surface area contributed by atoms with Gasteiger partial charge in [0, 0.05) is 17.3 Å². The van der Waals surface area contributed by atoms with E-state index < -0.39 is 12.6 Å². The van der Waals surface area contributed by atoms with Gasteiger partial charge in [-0.05, 0) is 30.7 Å². The van der Waals surface area contributed by atoms with Crippen LogP contribution in [0.1, 0.15) is 15.9 Å². The molecule has 2 rings (SSSR count). The van der Waals surface area contributed by atoms with E-state index in [1.54, 1.807) is 36.4 Å². The Morgan fingerprint density at radius 3 is 2.62 bits per heavy atom. The highest BCUT2D eigenvalue weighted by molar-refractivity contribution is 6.05. The maximum Gasteiger partial charge on any atom is 0.341 e. The van der Waals surface area contributed by atoms with Crippen molar-refractivity contribution in [3.05, 3.63) is 59.7 Å². The summed E-state index contributed by atoms with van der Waals surface area (Å²) in [6, 6.07) is 13.9. The van der Waals surface area contributed by atoms with E-state index in [9.17, 15) is 9.59 Å². The van der Waals surface area contributed by atoms with Crippen molar-refractivity contribution in [1.82, 2.24) is 0 Å². The van der Waals surface area contributed by atoms with Crippen LogP contribution in [0.15, 0.2) is 48.5 Å². The van der Waals surface area contributed by atoms with E-state index in [1.165, 1.54) is 0 Å². The van der Waals surface area contributed by atoms with E-state index >= 15 is 0 Å². The summed E-state index contributed by atoms with van der Waals surface area (Å²) in [5.74, 6) is -0.882. The number of ether oxygens (including phenoxy) is 1. The minimum absolute atomic E-state index is 0.219. The quantitative estimate of drug-likeness (QED) is 0.885. The predicted molar refractivity (Wildman–Crippen MR) is 78.7 cm³/mol. The molecule has 0 saturated carbocycles. The van der Waals surface area contributed by atoms with Gasteiger partial charge in [-0.2, -0.15) is 0 Å². The zero-order valence-corrected chi connectivity index (χ0v) is 11.5. The number of aliphatic carboxylic acids is 1. The molecule has 0 unspecified atom stereocenters.